The molecule has 0 saturated carbocycles. The number of fused-ring (bicyclic) bond motifs is 2. The summed E-state index contributed by atoms with van der Waals surface area (Å²) in [5.41, 5.74) is 2.65. The number of nitrogens with zero attached hydrogens (tertiary/aromatic N) is 4. The lowest BCUT2D eigenvalue weighted by Gasteiger charge is -2.16. The summed E-state index contributed by atoms with van der Waals surface area (Å²) in [5, 5.41) is 4.49. The summed E-state index contributed by atoms with van der Waals surface area (Å²) < 4.78 is 7.51. The second-order valence-electron chi connectivity index (χ2n) is 9.71. The maximum atomic E-state index is 13.6. The number of unbranched alkanes of at least 4 members (excludes halogenated alkanes) is 6. The SMILES string of the molecule is CCCCCCCN1C(=O)/C(=c2\sc3nc(-c4ccc(OCCCCC)cc4)nn3c2=O)c2ccccc21. The van der Waals surface area contributed by atoms with Crippen molar-refractivity contribution in [1.82, 2.24) is 14.6 Å². The van der Waals surface area contributed by atoms with E-state index in [0.717, 1.165) is 54.7 Å². The lowest BCUT2D eigenvalue weighted by Crippen LogP contribution is -2.33. The normalized spacial score (nSPS) is 14.5. The van der Waals surface area contributed by atoms with Crippen LogP contribution in [0.2, 0.25) is 0 Å². The number of anilines is 1. The highest BCUT2D eigenvalue weighted by Crippen LogP contribution is 2.35. The van der Waals surface area contributed by atoms with Crippen molar-refractivity contribution in [2.45, 2.75) is 65.2 Å². The molecule has 0 aliphatic carbocycles. The molecule has 7 nitrogen and oxygen atoms in total. The molecule has 0 N–H and O–H groups in total. The van der Waals surface area contributed by atoms with Crippen LogP contribution in [-0.2, 0) is 4.79 Å². The first-order valence-electron chi connectivity index (χ1n) is 13.7. The predicted octanol–water partition coefficient (Wildman–Crippen LogP) is 5.62. The summed E-state index contributed by atoms with van der Waals surface area (Å²) in [7, 11) is 0. The minimum Gasteiger partial charge on any atom is -0.494 e. The van der Waals surface area contributed by atoms with Crippen molar-refractivity contribution in [3.63, 3.8) is 0 Å². The van der Waals surface area contributed by atoms with Crippen LogP contribution >= 0.6 is 11.3 Å². The summed E-state index contributed by atoms with van der Waals surface area (Å²) in [4.78, 5) is 33.9. The molecule has 2 aromatic heterocycles. The van der Waals surface area contributed by atoms with E-state index in [1.54, 1.807) is 0 Å². The van der Waals surface area contributed by atoms with Crippen LogP contribution in [0.3, 0.4) is 0 Å². The number of thiazole rings is 1. The molecule has 38 heavy (non-hydrogen) atoms. The van der Waals surface area contributed by atoms with Crippen LogP contribution in [0.15, 0.2) is 53.3 Å². The molecule has 0 radical (unpaired) electrons. The van der Waals surface area contributed by atoms with Gasteiger partial charge in [-0.15, -0.1) is 5.10 Å². The van der Waals surface area contributed by atoms with E-state index in [0.29, 0.717) is 34.0 Å². The molecule has 2 aromatic carbocycles. The van der Waals surface area contributed by atoms with E-state index in [1.807, 2.05) is 53.4 Å². The molecular weight excluding hydrogens is 496 g/mol. The molecular formula is C30H34N4O3S. The Labute approximate surface area is 226 Å². The van der Waals surface area contributed by atoms with Crippen LogP contribution in [-0.4, -0.2) is 33.7 Å². The highest BCUT2D eigenvalue weighted by molar-refractivity contribution is 7.15. The average Bonchev–Trinajstić information content (AvgIpc) is 3.57. The third kappa shape index (κ3) is 5.23. The van der Waals surface area contributed by atoms with E-state index in [2.05, 4.69) is 23.9 Å². The molecule has 0 saturated heterocycles. The van der Waals surface area contributed by atoms with Crippen LogP contribution in [0.4, 0.5) is 5.69 Å². The number of benzene rings is 2. The Balaban J connectivity index is 1.41. The van der Waals surface area contributed by atoms with Crippen molar-refractivity contribution >= 4 is 33.5 Å². The average molecular weight is 531 g/mol. The van der Waals surface area contributed by atoms with Crippen molar-refractivity contribution in [2.24, 2.45) is 0 Å². The van der Waals surface area contributed by atoms with E-state index >= 15 is 0 Å². The van der Waals surface area contributed by atoms with Gasteiger partial charge in [0.1, 0.15) is 10.3 Å². The maximum absolute atomic E-state index is 13.6. The summed E-state index contributed by atoms with van der Waals surface area (Å²) in [6, 6.07) is 15.4. The molecule has 0 bridgehead atoms. The van der Waals surface area contributed by atoms with Crippen LogP contribution in [0.25, 0.3) is 21.9 Å². The molecule has 5 rings (SSSR count). The lowest BCUT2D eigenvalue weighted by atomic mass is 10.1. The Morgan fingerprint density at radius 2 is 1.61 bits per heavy atom. The molecule has 1 aliphatic heterocycles. The summed E-state index contributed by atoms with van der Waals surface area (Å²) >= 11 is 1.23. The highest BCUT2D eigenvalue weighted by Gasteiger charge is 2.33. The number of carbonyl (C=O) groups is 1. The number of aromatic nitrogens is 3. The topological polar surface area (TPSA) is 76.8 Å². The maximum Gasteiger partial charge on any atom is 0.291 e. The molecule has 198 valence electrons. The zero-order chi connectivity index (χ0) is 26.5. The van der Waals surface area contributed by atoms with Gasteiger partial charge in [-0.05, 0) is 43.2 Å². The quantitative estimate of drug-likeness (QED) is 0.222. The van der Waals surface area contributed by atoms with Crippen molar-refractivity contribution in [2.75, 3.05) is 18.1 Å². The van der Waals surface area contributed by atoms with Crippen molar-refractivity contribution in [1.29, 1.82) is 0 Å². The van der Waals surface area contributed by atoms with Crippen LogP contribution in [0.5, 0.6) is 5.75 Å². The van der Waals surface area contributed by atoms with Crippen LogP contribution < -0.4 is 19.7 Å². The van der Waals surface area contributed by atoms with Crippen molar-refractivity contribution in [3.05, 3.63) is 69.0 Å². The number of ether oxygens (including phenoxy) is 1. The number of para-hydroxylation sites is 1. The largest absolute Gasteiger partial charge is 0.494 e. The predicted molar refractivity (Wildman–Crippen MR) is 153 cm³/mol. The van der Waals surface area contributed by atoms with Gasteiger partial charge in [0.25, 0.3) is 11.5 Å². The fourth-order valence-corrected chi connectivity index (χ4v) is 5.84. The van der Waals surface area contributed by atoms with Gasteiger partial charge in [-0.25, -0.2) is 0 Å². The highest BCUT2D eigenvalue weighted by atomic mass is 32.1. The molecule has 1 aliphatic rings. The number of hydrogen-bond donors (Lipinski definition) is 0. The lowest BCUT2D eigenvalue weighted by molar-refractivity contribution is -0.113. The third-order valence-electron chi connectivity index (χ3n) is 6.92. The summed E-state index contributed by atoms with van der Waals surface area (Å²) in [5.74, 6) is 1.18. The third-order valence-corrected chi connectivity index (χ3v) is 7.95. The van der Waals surface area contributed by atoms with E-state index in [-0.39, 0.29) is 11.5 Å². The second kappa shape index (κ2) is 11.9. The zero-order valence-corrected chi connectivity index (χ0v) is 22.9. The Hall–Kier alpha value is -3.52. The van der Waals surface area contributed by atoms with Gasteiger partial charge < -0.3 is 9.64 Å². The number of rotatable bonds is 12. The Bertz CT molecular complexity index is 1520. The summed E-state index contributed by atoms with van der Waals surface area (Å²) in [6.07, 6.45) is 8.95. The first kappa shape index (κ1) is 26.1. The monoisotopic (exact) mass is 530 g/mol. The molecule has 0 unspecified atom stereocenters. The number of hydrogen-bond acceptors (Lipinski definition) is 6. The fourth-order valence-electron chi connectivity index (χ4n) is 4.84. The van der Waals surface area contributed by atoms with Gasteiger partial charge in [0.2, 0.25) is 4.96 Å². The van der Waals surface area contributed by atoms with E-state index < -0.39 is 0 Å². The van der Waals surface area contributed by atoms with Gasteiger partial charge in [0.15, 0.2) is 5.82 Å². The summed E-state index contributed by atoms with van der Waals surface area (Å²) in [6.45, 7) is 5.71. The van der Waals surface area contributed by atoms with E-state index in [1.165, 1.54) is 35.1 Å². The molecule has 3 heterocycles. The standard InChI is InChI=1S/C30H34N4O3S/c1-3-5-7-8-11-19-33-24-14-10-9-13-23(24)25(28(33)35)26-29(36)34-30(38-26)31-27(32-34)21-15-17-22(18-16-21)37-20-12-6-4-2/h9-10,13-18H,3-8,11-12,19-20H2,1-2H3/b26-25-. The van der Waals surface area contributed by atoms with Gasteiger partial charge in [-0.3, -0.25) is 9.59 Å². The minimum atomic E-state index is -0.303. The number of carbonyl (C=O) groups excluding carboxylic acids is 1. The van der Waals surface area contributed by atoms with E-state index in [4.69, 9.17) is 4.74 Å². The van der Waals surface area contributed by atoms with Gasteiger partial charge in [0.05, 0.1) is 17.9 Å². The zero-order valence-electron chi connectivity index (χ0n) is 22.1. The Morgan fingerprint density at radius 3 is 2.37 bits per heavy atom. The molecule has 0 spiro atoms. The van der Waals surface area contributed by atoms with Crippen molar-refractivity contribution in [3.8, 4) is 17.1 Å². The van der Waals surface area contributed by atoms with Gasteiger partial charge in [-0.1, -0.05) is 81.9 Å². The Kier molecular flexibility index (Phi) is 8.17. The minimum absolute atomic E-state index is 0.113. The first-order valence-corrected chi connectivity index (χ1v) is 14.5. The second-order valence-corrected chi connectivity index (χ2v) is 10.7. The van der Waals surface area contributed by atoms with Gasteiger partial charge in [0, 0.05) is 17.7 Å². The van der Waals surface area contributed by atoms with Crippen LogP contribution in [0.1, 0.15) is 70.8 Å². The van der Waals surface area contributed by atoms with Crippen LogP contribution in [0, 0.1) is 0 Å². The van der Waals surface area contributed by atoms with Gasteiger partial charge in [-0.2, -0.15) is 9.50 Å². The molecule has 1 amide bonds. The van der Waals surface area contributed by atoms with Crippen molar-refractivity contribution < 1.29 is 9.53 Å². The van der Waals surface area contributed by atoms with Gasteiger partial charge >= 0.3 is 0 Å². The van der Waals surface area contributed by atoms with E-state index in [9.17, 15) is 9.59 Å². The Morgan fingerprint density at radius 1 is 0.868 bits per heavy atom. The molecule has 0 atom stereocenters. The fraction of sp³-hybridized carbons (Fsp3) is 0.400. The number of amides is 1. The first-order chi connectivity index (χ1) is 18.6. The molecule has 8 heteroatoms. The molecule has 4 aromatic rings. The molecule has 0 fully saturated rings. The smallest absolute Gasteiger partial charge is 0.291 e.